The third-order valence-corrected chi connectivity index (χ3v) is 2.07. The van der Waals surface area contributed by atoms with Crippen molar-refractivity contribution in [3.8, 4) is 0 Å². The van der Waals surface area contributed by atoms with Crippen LogP contribution in [-0.4, -0.2) is 5.16 Å². The van der Waals surface area contributed by atoms with Gasteiger partial charge in [0.15, 0.2) is 0 Å². The SMILES string of the molecule is CC1(P)CCC1.Cl. The maximum absolute atomic E-state index is 2.88. The molecule has 1 rings (SSSR count). The molecule has 1 aliphatic carbocycles. The van der Waals surface area contributed by atoms with E-state index in [0.717, 1.165) is 0 Å². The first-order chi connectivity index (χ1) is 2.71. The van der Waals surface area contributed by atoms with Crippen molar-refractivity contribution in [2.24, 2.45) is 0 Å². The highest BCUT2D eigenvalue weighted by Gasteiger charge is 2.25. The first-order valence-electron chi connectivity index (χ1n) is 2.50. The Morgan fingerprint density at radius 1 is 1.43 bits per heavy atom. The third kappa shape index (κ3) is 1.97. The van der Waals surface area contributed by atoms with Crippen LogP contribution in [0.2, 0.25) is 0 Å². The molecule has 0 bridgehead atoms. The second-order valence-electron chi connectivity index (χ2n) is 2.51. The largest absolute Gasteiger partial charge is 0.147 e. The molecule has 0 aromatic rings. The summed E-state index contributed by atoms with van der Waals surface area (Å²) in [4.78, 5) is 0. The predicted octanol–water partition coefficient (Wildman–Crippen LogP) is 2.23. The molecule has 0 aromatic heterocycles. The summed E-state index contributed by atoms with van der Waals surface area (Å²) in [5.74, 6) is 0. The molecule has 0 heterocycles. The Morgan fingerprint density at radius 2 is 1.71 bits per heavy atom. The summed E-state index contributed by atoms with van der Waals surface area (Å²) in [5, 5.41) is 0.639. The number of halogens is 1. The Morgan fingerprint density at radius 3 is 1.71 bits per heavy atom. The van der Waals surface area contributed by atoms with Crippen molar-refractivity contribution in [1.29, 1.82) is 0 Å². The second-order valence-corrected chi connectivity index (χ2v) is 3.90. The van der Waals surface area contributed by atoms with E-state index in [4.69, 9.17) is 0 Å². The topological polar surface area (TPSA) is 0 Å². The molecule has 0 spiro atoms. The molecule has 44 valence electrons. The lowest BCUT2D eigenvalue weighted by atomic mass is 9.86. The molecule has 0 aromatic carbocycles. The molecule has 1 atom stereocenters. The Kier molecular flexibility index (Phi) is 2.57. The lowest BCUT2D eigenvalue weighted by Crippen LogP contribution is -2.24. The van der Waals surface area contributed by atoms with Crippen LogP contribution in [0.3, 0.4) is 0 Å². The van der Waals surface area contributed by atoms with Crippen LogP contribution in [0.25, 0.3) is 0 Å². The Balaban J connectivity index is 0.000000360. The van der Waals surface area contributed by atoms with Crippen molar-refractivity contribution in [2.75, 3.05) is 0 Å². The van der Waals surface area contributed by atoms with Crippen LogP contribution in [0.4, 0.5) is 0 Å². The zero-order valence-electron chi connectivity index (χ0n) is 4.61. The summed E-state index contributed by atoms with van der Waals surface area (Å²) in [6.45, 7) is 2.29. The van der Waals surface area contributed by atoms with Crippen molar-refractivity contribution in [3.63, 3.8) is 0 Å². The highest BCUT2D eigenvalue weighted by molar-refractivity contribution is 7.19. The summed E-state index contributed by atoms with van der Waals surface area (Å²) >= 11 is 0. The average Bonchev–Trinajstić information content (AvgIpc) is 1.32. The fourth-order valence-corrected chi connectivity index (χ4v) is 1.14. The molecule has 1 saturated carbocycles. The van der Waals surface area contributed by atoms with E-state index < -0.39 is 0 Å². The van der Waals surface area contributed by atoms with Gasteiger partial charge in [-0.15, -0.1) is 21.6 Å². The monoisotopic (exact) mass is 138 g/mol. The van der Waals surface area contributed by atoms with Crippen LogP contribution in [0, 0.1) is 0 Å². The standard InChI is InChI=1S/C5H11P.ClH/c1-5(6)3-2-4-5;/h2-4,6H2,1H3;1H. The summed E-state index contributed by atoms with van der Waals surface area (Å²) in [5.41, 5.74) is 0. The predicted molar refractivity (Wildman–Crippen MR) is 39.2 cm³/mol. The zero-order valence-corrected chi connectivity index (χ0v) is 6.58. The molecule has 0 N–H and O–H groups in total. The molecule has 0 nitrogen and oxygen atoms in total. The van der Waals surface area contributed by atoms with Gasteiger partial charge < -0.3 is 0 Å². The molecule has 7 heavy (non-hydrogen) atoms. The van der Waals surface area contributed by atoms with Crippen molar-refractivity contribution in [3.05, 3.63) is 0 Å². The minimum Gasteiger partial charge on any atom is -0.147 e. The van der Waals surface area contributed by atoms with Gasteiger partial charge in [0.05, 0.1) is 0 Å². The maximum Gasteiger partial charge on any atom is -0.0178 e. The van der Waals surface area contributed by atoms with E-state index in [-0.39, 0.29) is 12.4 Å². The van der Waals surface area contributed by atoms with Gasteiger partial charge in [0.25, 0.3) is 0 Å². The van der Waals surface area contributed by atoms with Gasteiger partial charge in [-0.3, -0.25) is 0 Å². The number of hydrogen-bond donors (Lipinski definition) is 0. The highest BCUT2D eigenvalue weighted by atomic mass is 35.5. The molecule has 0 radical (unpaired) electrons. The first kappa shape index (κ1) is 7.72. The normalized spacial score (nSPS) is 24.9. The van der Waals surface area contributed by atoms with E-state index in [0.29, 0.717) is 5.16 Å². The summed E-state index contributed by atoms with van der Waals surface area (Å²) in [7, 11) is 2.88. The van der Waals surface area contributed by atoms with Crippen molar-refractivity contribution < 1.29 is 0 Å². The number of hydrogen-bond acceptors (Lipinski definition) is 0. The van der Waals surface area contributed by atoms with Crippen LogP contribution in [0.1, 0.15) is 26.2 Å². The van der Waals surface area contributed by atoms with E-state index in [2.05, 4.69) is 16.2 Å². The van der Waals surface area contributed by atoms with Crippen molar-refractivity contribution >= 4 is 21.6 Å². The fraction of sp³-hybridized carbons (Fsp3) is 1.00. The molecule has 2 heteroatoms. The van der Waals surface area contributed by atoms with E-state index in [1.807, 2.05) is 0 Å². The van der Waals surface area contributed by atoms with E-state index in [1.165, 1.54) is 19.3 Å². The van der Waals surface area contributed by atoms with Crippen LogP contribution in [0.5, 0.6) is 0 Å². The summed E-state index contributed by atoms with van der Waals surface area (Å²) in [6.07, 6.45) is 4.27. The zero-order chi connectivity index (χ0) is 4.62. The lowest BCUT2D eigenvalue weighted by Gasteiger charge is -2.33. The van der Waals surface area contributed by atoms with Gasteiger partial charge in [0.1, 0.15) is 0 Å². The van der Waals surface area contributed by atoms with Gasteiger partial charge >= 0.3 is 0 Å². The molecular formula is C5H12ClP. The van der Waals surface area contributed by atoms with Gasteiger partial charge in [0.2, 0.25) is 0 Å². The third-order valence-electron chi connectivity index (χ3n) is 1.50. The minimum absolute atomic E-state index is 0. The van der Waals surface area contributed by atoms with Gasteiger partial charge in [-0.1, -0.05) is 13.3 Å². The molecule has 1 fully saturated rings. The summed E-state index contributed by atoms with van der Waals surface area (Å²) in [6, 6.07) is 0. The molecule has 0 aliphatic heterocycles. The van der Waals surface area contributed by atoms with Gasteiger partial charge in [-0.05, 0) is 18.0 Å². The molecule has 0 amide bonds. The molecule has 1 aliphatic rings. The smallest absolute Gasteiger partial charge is 0.0178 e. The Hall–Kier alpha value is 0.720. The van der Waals surface area contributed by atoms with Crippen molar-refractivity contribution in [1.82, 2.24) is 0 Å². The Bertz CT molecular complexity index is 55.1. The van der Waals surface area contributed by atoms with Crippen LogP contribution < -0.4 is 0 Å². The molecule has 1 unspecified atom stereocenters. The van der Waals surface area contributed by atoms with E-state index in [1.54, 1.807) is 0 Å². The first-order valence-corrected chi connectivity index (χ1v) is 3.07. The lowest BCUT2D eigenvalue weighted by molar-refractivity contribution is 0.391. The van der Waals surface area contributed by atoms with Crippen LogP contribution in [0.15, 0.2) is 0 Å². The van der Waals surface area contributed by atoms with Gasteiger partial charge in [0, 0.05) is 0 Å². The van der Waals surface area contributed by atoms with Crippen LogP contribution in [-0.2, 0) is 0 Å². The average molecular weight is 139 g/mol. The number of rotatable bonds is 0. The van der Waals surface area contributed by atoms with Crippen molar-refractivity contribution in [2.45, 2.75) is 31.3 Å². The van der Waals surface area contributed by atoms with E-state index in [9.17, 15) is 0 Å². The Labute approximate surface area is 53.7 Å². The van der Waals surface area contributed by atoms with Crippen LogP contribution >= 0.6 is 21.6 Å². The van der Waals surface area contributed by atoms with E-state index >= 15 is 0 Å². The minimum atomic E-state index is 0. The second kappa shape index (κ2) is 2.33. The molecule has 0 saturated heterocycles. The molecular weight excluding hydrogens is 126 g/mol. The quantitative estimate of drug-likeness (QED) is 0.451. The maximum atomic E-state index is 2.88. The summed E-state index contributed by atoms with van der Waals surface area (Å²) < 4.78 is 0. The fourth-order valence-electron chi connectivity index (χ4n) is 0.734. The highest BCUT2D eigenvalue weighted by Crippen LogP contribution is 2.39. The van der Waals surface area contributed by atoms with Gasteiger partial charge in [-0.25, -0.2) is 0 Å². The van der Waals surface area contributed by atoms with Gasteiger partial charge in [-0.2, -0.15) is 0 Å².